The van der Waals surface area contributed by atoms with Gasteiger partial charge in [0.1, 0.15) is 6.73 Å². The van der Waals surface area contributed by atoms with Crippen LogP contribution in [0.2, 0.25) is 0 Å². The van der Waals surface area contributed by atoms with Gasteiger partial charge >= 0.3 is 0 Å². The Morgan fingerprint density at radius 2 is 1.91 bits per heavy atom. The molecule has 0 spiro atoms. The molecule has 5 nitrogen and oxygen atoms in total. The quantitative estimate of drug-likeness (QED) is 0.780. The van der Waals surface area contributed by atoms with Crippen LogP contribution in [-0.2, 0) is 4.74 Å². The maximum absolute atomic E-state index is 12.9. The van der Waals surface area contributed by atoms with E-state index in [0.29, 0.717) is 21.5 Å². The number of carbonyl (C=O) groups excluding carboxylic acids is 1. The predicted octanol–water partition coefficient (Wildman–Crippen LogP) is 3.43. The number of carbonyl (C=O) groups is 1. The minimum absolute atomic E-state index is 0.156. The number of hydrogen-bond donors (Lipinski definition) is 0. The van der Waals surface area contributed by atoms with Gasteiger partial charge in [-0.25, -0.2) is 0 Å². The molecule has 1 aliphatic rings. The largest absolute Gasteiger partial charge is 0.454 e. The molecule has 114 valence electrons. The molecular formula is C16H14BrNO4. The second-order valence-electron chi connectivity index (χ2n) is 4.67. The SMILES string of the molecule is COCN(C(=O)c1cc2c(cc1Br)OCO2)c1ccccc1. The Kier molecular flexibility index (Phi) is 4.31. The molecule has 22 heavy (non-hydrogen) atoms. The summed E-state index contributed by atoms with van der Waals surface area (Å²) in [6, 6.07) is 12.8. The lowest BCUT2D eigenvalue weighted by atomic mass is 10.1. The van der Waals surface area contributed by atoms with Crippen LogP contribution in [0.1, 0.15) is 10.4 Å². The molecule has 3 rings (SSSR count). The molecule has 0 saturated heterocycles. The second-order valence-corrected chi connectivity index (χ2v) is 5.53. The Morgan fingerprint density at radius 3 is 2.59 bits per heavy atom. The van der Waals surface area contributed by atoms with E-state index in [2.05, 4.69) is 15.9 Å². The highest BCUT2D eigenvalue weighted by Gasteiger charge is 2.24. The Labute approximate surface area is 136 Å². The van der Waals surface area contributed by atoms with Gasteiger partial charge < -0.3 is 14.2 Å². The lowest BCUT2D eigenvalue weighted by molar-refractivity contribution is 0.0935. The van der Waals surface area contributed by atoms with Gasteiger partial charge in [0.25, 0.3) is 5.91 Å². The predicted molar refractivity (Wildman–Crippen MR) is 85.4 cm³/mol. The van der Waals surface area contributed by atoms with Crippen LogP contribution in [0.4, 0.5) is 5.69 Å². The molecule has 2 aromatic carbocycles. The highest BCUT2D eigenvalue weighted by atomic mass is 79.9. The number of ether oxygens (including phenoxy) is 3. The summed E-state index contributed by atoms with van der Waals surface area (Å²) < 4.78 is 16.5. The lowest BCUT2D eigenvalue weighted by Crippen LogP contribution is -2.33. The molecule has 0 saturated carbocycles. The van der Waals surface area contributed by atoms with Crippen LogP contribution in [0.15, 0.2) is 46.9 Å². The van der Waals surface area contributed by atoms with E-state index < -0.39 is 0 Å². The summed E-state index contributed by atoms with van der Waals surface area (Å²) in [5, 5.41) is 0. The fraction of sp³-hybridized carbons (Fsp3) is 0.188. The number of benzene rings is 2. The van der Waals surface area contributed by atoms with Crippen molar-refractivity contribution < 1.29 is 19.0 Å². The van der Waals surface area contributed by atoms with Gasteiger partial charge in [-0.1, -0.05) is 18.2 Å². The van der Waals surface area contributed by atoms with Gasteiger partial charge in [-0.05, 0) is 40.2 Å². The molecule has 0 aliphatic carbocycles. The molecule has 0 bridgehead atoms. The number of para-hydroxylation sites is 1. The second kappa shape index (κ2) is 6.37. The van der Waals surface area contributed by atoms with E-state index in [1.807, 2.05) is 30.3 Å². The van der Waals surface area contributed by atoms with Crippen LogP contribution >= 0.6 is 15.9 Å². The first-order valence-electron chi connectivity index (χ1n) is 6.65. The Hall–Kier alpha value is -2.05. The minimum Gasteiger partial charge on any atom is -0.454 e. The van der Waals surface area contributed by atoms with Crippen molar-refractivity contribution in [1.29, 1.82) is 0 Å². The molecule has 1 amide bonds. The lowest BCUT2D eigenvalue weighted by Gasteiger charge is -2.22. The zero-order valence-corrected chi connectivity index (χ0v) is 13.5. The maximum Gasteiger partial charge on any atom is 0.261 e. The van der Waals surface area contributed by atoms with Gasteiger partial charge in [0, 0.05) is 17.3 Å². The zero-order valence-electron chi connectivity index (χ0n) is 11.9. The third-order valence-corrected chi connectivity index (χ3v) is 3.92. The number of hydrogen-bond acceptors (Lipinski definition) is 4. The minimum atomic E-state index is -0.182. The third-order valence-electron chi connectivity index (χ3n) is 3.26. The Morgan fingerprint density at radius 1 is 1.23 bits per heavy atom. The normalized spacial score (nSPS) is 12.3. The molecule has 1 aliphatic heterocycles. The van der Waals surface area contributed by atoms with Crippen LogP contribution in [0.25, 0.3) is 0 Å². The molecule has 2 aromatic rings. The molecule has 0 radical (unpaired) electrons. The van der Waals surface area contributed by atoms with Crippen molar-refractivity contribution >= 4 is 27.5 Å². The fourth-order valence-electron chi connectivity index (χ4n) is 2.21. The summed E-state index contributed by atoms with van der Waals surface area (Å²) in [4.78, 5) is 14.4. The van der Waals surface area contributed by atoms with Crippen LogP contribution < -0.4 is 14.4 Å². The Bertz CT molecular complexity index is 690. The highest BCUT2D eigenvalue weighted by Crippen LogP contribution is 2.37. The Balaban J connectivity index is 1.97. The monoisotopic (exact) mass is 363 g/mol. The standard InChI is InChI=1S/C16H14BrNO4/c1-20-9-18(11-5-3-2-4-6-11)16(19)12-7-14-15(8-13(12)17)22-10-21-14/h2-8H,9-10H2,1H3. The van der Waals surface area contributed by atoms with Crippen molar-refractivity contribution in [2.75, 3.05) is 25.5 Å². The summed E-state index contributed by atoms with van der Waals surface area (Å²) in [6.07, 6.45) is 0. The average Bonchev–Trinajstić information content (AvgIpc) is 2.99. The van der Waals surface area contributed by atoms with Gasteiger partial charge in [0.15, 0.2) is 11.5 Å². The van der Waals surface area contributed by atoms with Crippen molar-refractivity contribution in [3.05, 3.63) is 52.5 Å². The van der Waals surface area contributed by atoms with Crippen LogP contribution in [0, 0.1) is 0 Å². The molecular weight excluding hydrogens is 350 g/mol. The summed E-state index contributed by atoms with van der Waals surface area (Å²) in [6.45, 7) is 0.323. The van der Waals surface area contributed by atoms with Crippen molar-refractivity contribution in [1.82, 2.24) is 0 Å². The van der Waals surface area contributed by atoms with Gasteiger partial charge in [-0.3, -0.25) is 9.69 Å². The number of rotatable bonds is 4. The first-order valence-corrected chi connectivity index (χ1v) is 7.45. The topological polar surface area (TPSA) is 48.0 Å². The molecule has 0 aromatic heterocycles. The molecule has 0 atom stereocenters. The van der Waals surface area contributed by atoms with E-state index in [4.69, 9.17) is 14.2 Å². The van der Waals surface area contributed by atoms with E-state index in [1.165, 1.54) is 0 Å². The highest BCUT2D eigenvalue weighted by molar-refractivity contribution is 9.10. The van der Waals surface area contributed by atoms with Crippen LogP contribution in [0.5, 0.6) is 11.5 Å². The first-order chi connectivity index (χ1) is 10.7. The number of nitrogens with zero attached hydrogens (tertiary/aromatic N) is 1. The maximum atomic E-state index is 12.9. The molecule has 6 heteroatoms. The van der Waals surface area contributed by atoms with Gasteiger partial charge in [0.2, 0.25) is 6.79 Å². The van der Waals surface area contributed by atoms with E-state index in [0.717, 1.165) is 5.69 Å². The van der Waals surface area contributed by atoms with E-state index in [-0.39, 0.29) is 19.4 Å². The van der Waals surface area contributed by atoms with Crippen molar-refractivity contribution in [3.63, 3.8) is 0 Å². The number of amides is 1. The van der Waals surface area contributed by atoms with Crippen molar-refractivity contribution in [2.45, 2.75) is 0 Å². The first kappa shape index (κ1) is 14.9. The molecule has 1 heterocycles. The number of halogens is 1. The van der Waals surface area contributed by atoms with Crippen LogP contribution in [-0.4, -0.2) is 26.5 Å². The third kappa shape index (κ3) is 2.80. The number of fused-ring (bicyclic) bond motifs is 1. The smallest absolute Gasteiger partial charge is 0.261 e. The van der Waals surface area contributed by atoms with Gasteiger partial charge in [0.05, 0.1) is 5.56 Å². The summed E-state index contributed by atoms with van der Waals surface area (Å²) >= 11 is 3.42. The average molecular weight is 364 g/mol. The van der Waals surface area contributed by atoms with Crippen molar-refractivity contribution in [3.8, 4) is 11.5 Å². The zero-order chi connectivity index (χ0) is 15.5. The van der Waals surface area contributed by atoms with Gasteiger partial charge in [-0.2, -0.15) is 0 Å². The number of anilines is 1. The van der Waals surface area contributed by atoms with Crippen LogP contribution in [0.3, 0.4) is 0 Å². The van der Waals surface area contributed by atoms with Crippen molar-refractivity contribution in [2.24, 2.45) is 0 Å². The molecule has 0 unspecified atom stereocenters. The van der Waals surface area contributed by atoms with E-state index >= 15 is 0 Å². The van der Waals surface area contributed by atoms with Gasteiger partial charge in [-0.15, -0.1) is 0 Å². The van der Waals surface area contributed by atoms with E-state index in [9.17, 15) is 4.79 Å². The fourth-order valence-corrected chi connectivity index (χ4v) is 2.71. The molecule has 0 N–H and O–H groups in total. The summed E-state index contributed by atoms with van der Waals surface area (Å²) in [5.74, 6) is 1.01. The van der Waals surface area contributed by atoms with E-state index in [1.54, 1.807) is 24.1 Å². The summed E-state index contributed by atoms with van der Waals surface area (Å²) in [7, 11) is 1.55. The molecule has 0 fully saturated rings. The number of methoxy groups -OCH3 is 1. The summed E-state index contributed by atoms with van der Waals surface area (Å²) in [5.41, 5.74) is 1.25.